The van der Waals surface area contributed by atoms with Crippen LogP contribution in [0.1, 0.15) is 17.5 Å². The lowest BCUT2D eigenvalue weighted by atomic mass is 10.1. The minimum Gasteiger partial charge on any atom is -0.493 e. The number of hydrogen-bond acceptors (Lipinski definition) is 5. The Balaban J connectivity index is 1.66. The van der Waals surface area contributed by atoms with Crippen LogP contribution < -0.4 is 14.8 Å². The molecule has 2 aromatic rings. The highest BCUT2D eigenvalue weighted by Gasteiger charge is 2.34. The number of rotatable bonds is 6. The molecule has 1 atom stereocenters. The molecule has 0 radical (unpaired) electrons. The first-order valence-corrected chi connectivity index (χ1v) is 10.1. The monoisotopic (exact) mass is 454 g/mol. The fourth-order valence-corrected chi connectivity index (χ4v) is 4.20. The lowest BCUT2D eigenvalue weighted by molar-refractivity contribution is -0.137. The van der Waals surface area contributed by atoms with E-state index in [4.69, 9.17) is 9.47 Å². The van der Waals surface area contributed by atoms with Crippen LogP contribution in [-0.2, 0) is 22.3 Å². The van der Waals surface area contributed by atoms with Gasteiger partial charge in [0.15, 0.2) is 11.5 Å². The number of thioether (sulfide) groups is 1. The largest absolute Gasteiger partial charge is 0.493 e. The lowest BCUT2D eigenvalue weighted by Gasteiger charge is -2.26. The molecule has 1 heterocycles. The van der Waals surface area contributed by atoms with E-state index in [1.54, 1.807) is 19.2 Å². The molecule has 0 fully saturated rings. The number of nitrogens with zero attached hydrogens (tertiary/aromatic N) is 1. The van der Waals surface area contributed by atoms with Gasteiger partial charge in [0.1, 0.15) is 0 Å². The molecule has 31 heavy (non-hydrogen) atoms. The average molecular weight is 454 g/mol. The minimum absolute atomic E-state index is 0.0826. The van der Waals surface area contributed by atoms with E-state index in [2.05, 4.69) is 5.32 Å². The van der Waals surface area contributed by atoms with Crippen LogP contribution in [0.4, 0.5) is 18.9 Å². The first kappa shape index (κ1) is 22.8. The number of hydrogen-bond donors (Lipinski definition) is 1. The summed E-state index contributed by atoms with van der Waals surface area (Å²) in [6.45, 7) is 0.295. The van der Waals surface area contributed by atoms with Crippen LogP contribution in [0.3, 0.4) is 0 Å². The summed E-state index contributed by atoms with van der Waals surface area (Å²) >= 11 is 1.08. The van der Waals surface area contributed by atoms with Gasteiger partial charge in [0.05, 0.1) is 30.7 Å². The molecule has 0 bridgehead atoms. The van der Waals surface area contributed by atoms with Crippen molar-refractivity contribution >= 4 is 29.3 Å². The van der Waals surface area contributed by atoms with E-state index in [-0.39, 0.29) is 18.0 Å². The molecule has 1 aliphatic heterocycles. The van der Waals surface area contributed by atoms with E-state index in [0.29, 0.717) is 22.9 Å². The molecule has 2 aromatic carbocycles. The number of carbonyl (C=O) groups excluding carboxylic acids is 2. The van der Waals surface area contributed by atoms with E-state index in [0.717, 1.165) is 29.5 Å². The van der Waals surface area contributed by atoms with Gasteiger partial charge < -0.3 is 19.7 Å². The molecule has 1 N–H and O–H groups in total. The van der Waals surface area contributed by atoms with E-state index in [1.807, 2.05) is 6.07 Å². The zero-order valence-electron chi connectivity index (χ0n) is 17.1. The van der Waals surface area contributed by atoms with Gasteiger partial charge in [0.25, 0.3) is 0 Å². The first-order chi connectivity index (χ1) is 14.6. The van der Waals surface area contributed by atoms with E-state index in [9.17, 15) is 22.8 Å². The molecular weight excluding hydrogens is 433 g/mol. The topological polar surface area (TPSA) is 67.9 Å². The maximum atomic E-state index is 12.9. The van der Waals surface area contributed by atoms with Crippen LogP contribution in [-0.4, -0.2) is 43.2 Å². The van der Waals surface area contributed by atoms with Crippen molar-refractivity contribution in [3.8, 4) is 11.5 Å². The number of anilines is 1. The standard InChI is InChI=1S/C21H21F3N2O4S/c1-26(11-12-4-6-15(29-2)16(8-12)30-3)19(27)10-18-20(28)25-14-9-13(21(22,23)24)5-7-17(14)31-18/h4-9,18H,10-11H2,1-3H3,(H,25,28). The summed E-state index contributed by atoms with van der Waals surface area (Å²) in [5.41, 5.74) is 0.0859. The highest BCUT2D eigenvalue weighted by molar-refractivity contribution is 8.01. The van der Waals surface area contributed by atoms with Gasteiger partial charge in [-0.15, -0.1) is 11.8 Å². The number of benzene rings is 2. The molecule has 2 amide bonds. The number of fused-ring (bicyclic) bond motifs is 1. The fourth-order valence-electron chi connectivity index (χ4n) is 3.12. The quantitative estimate of drug-likeness (QED) is 0.709. The zero-order valence-corrected chi connectivity index (χ0v) is 17.9. The molecule has 0 saturated carbocycles. The van der Waals surface area contributed by atoms with E-state index >= 15 is 0 Å². The van der Waals surface area contributed by atoms with Crippen molar-refractivity contribution in [1.82, 2.24) is 4.90 Å². The Morgan fingerprint density at radius 2 is 1.84 bits per heavy atom. The SMILES string of the molecule is COc1ccc(CN(C)C(=O)CC2Sc3ccc(C(F)(F)F)cc3NC2=O)cc1OC. The Kier molecular flexibility index (Phi) is 6.68. The number of nitrogens with one attached hydrogen (secondary N) is 1. The molecule has 166 valence electrons. The predicted molar refractivity (Wildman–Crippen MR) is 110 cm³/mol. The minimum atomic E-state index is -4.50. The van der Waals surface area contributed by atoms with Gasteiger partial charge in [-0.2, -0.15) is 13.2 Å². The average Bonchev–Trinajstić information content (AvgIpc) is 2.73. The summed E-state index contributed by atoms with van der Waals surface area (Å²) in [6.07, 6.45) is -4.58. The van der Waals surface area contributed by atoms with Gasteiger partial charge >= 0.3 is 6.18 Å². The maximum Gasteiger partial charge on any atom is 0.416 e. The van der Waals surface area contributed by atoms with Gasteiger partial charge in [-0.3, -0.25) is 9.59 Å². The van der Waals surface area contributed by atoms with Gasteiger partial charge in [-0.25, -0.2) is 0 Å². The lowest BCUT2D eigenvalue weighted by Crippen LogP contribution is -2.35. The second-order valence-electron chi connectivity index (χ2n) is 6.95. The number of amides is 2. The van der Waals surface area contributed by atoms with Crippen molar-refractivity contribution in [3.05, 3.63) is 47.5 Å². The van der Waals surface area contributed by atoms with Crippen LogP contribution in [0.25, 0.3) is 0 Å². The third-order valence-electron chi connectivity index (χ3n) is 4.78. The normalized spacial score (nSPS) is 15.7. The highest BCUT2D eigenvalue weighted by atomic mass is 32.2. The predicted octanol–water partition coefficient (Wildman–Crippen LogP) is 4.18. The third-order valence-corrected chi connectivity index (χ3v) is 6.06. The summed E-state index contributed by atoms with van der Waals surface area (Å²) in [7, 11) is 4.67. The highest BCUT2D eigenvalue weighted by Crippen LogP contribution is 2.40. The number of alkyl halides is 3. The molecule has 6 nitrogen and oxygen atoms in total. The number of halogens is 3. The molecule has 0 aliphatic carbocycles. The van der Waals surface area contributed by atoms with Gasteiger partial charge in [-0.05, 0) is 35.9 Å². The Labute approximate surface area is 181 Å². The molecule has 0 aromatic heterocycles. The van der Waals surface area contributed by atoms with Crippen molar-refractivity contribution in [2.24, 2.45) is 0 Å². The maximum absolute atomic E-state index is 12.9. The van der Waals surface area contributed by atoms with Gasteiger partial charge in [-0.1, -0.05) is 6.07 Å². The Morgan fingerprint density at radius 3 is 2.48 bits per heavy atom. The molecule has 0 spiro atoms. The van der Waals surface area contributed by atoms with Gasteiger partial charge in [0.2, 0.25) is 11.8 Å². The zero-order chi connectivity index (χ0) is 22.8. The second-order valence-corrected chi connectivity index (χ2v) is 8.19. The second kappa shape index (κ2) is 9.09. The van der Waals surface area contributed by atoms with Crippen LogP contribution in [0, 0.1) is 0 Å². The van der Waals surface area contributed by atoms with Crippen molar-refractivity contribution in [2.75, 3.05) is 26.6 Å². The van der Waals surface area contributed by atoms with Crippen molar-refractivity contribution in [1.29, 1.82) is 0 Å². The Hall–Kier alpha value is -2.88. The van der Waals surface area contributed by atoms with Crippen LogP contribution in [0.2, 0.25) is 0 Å². The third kappa shape index (κ3) is 5.25. The van der Waals surface area contributed by atoms with Crippen molar-refractivity contribution in [3.63, 3.8) is 0 Å². The van der Waals surface area contributed by atoms with Gasteiger partial charge in [0, 0.05) is 24.9 Å². The molecule has 0 saturated heterocycles. The van der Waals surface area contributed by atoms with Crippen LogP contribution in [0.5, 0.6) is 11.5 Å². The molecule has 10 heteroatoms. The van der Waals surface area contributed by atoms with Crippen LogP contribution in [0.15, 0.2) is 41.3 Å². The summed E-state index contributed by atoms with van der Waals surface area (Å²) in [4.78, 5) is 27.0. The van der Waals surface area contributed by atoms with Crippen molar-refractivity contribution in [2.45, 2.75) is 29.3 Å². The Bertz CT molecular complexity index is 997. The number of carbonyl (C=O) groups is 2. The van der Waals surface area contributed by atoms with Crippen LogP contribution >= 0.6 is 11.8 Å². The number of ether oxygens (including phenoxy) is 2. The summed E-state index contributed by atoms with van der Waals surface area (Å²) in [6, 6.07) is 8.49. The first-order valence-electron chi connectivity index (χ1n) is 9.26. The van der Waals surface area contributed by atoms with E-state index < -0.39 is 22.9 Å². The molecule has 3 rings (SSSR count). The Morgan fingerprint density at radius 1 is 1.13 bits per heavy atom. The number of methoxy groups -OCH3 is 2. The molecular formula is C21H21F3N2O4S. The summed E-state index contributed by atoms with van der Waals surface area (Å²) in [5, 5.41) is 1.75. The van der Waals surface area contributed by atoms with E-state index in [1.165, 1.54) is 25.2 Å². The summed E-state index contributed by atoms with van der Waals surface area (Å²) in [5.74, 6) is 0.350. The smallest absolute Gasteiger partial charge is 0.416 e. The molecule has 1 aliphatic rings. The van der Waals surface area contributed by atoms with Crippen molar-refractivity contribution < 1.29 is 32.2 Å². The summed E-state index contributed by atoms with van der Waals surface area (Å²) < 4.78 is 49.1. The molecule has 1 unspecified atom stereocenters. The fraction of sp³-hybridized carbons (Fsp3) is 0.333.